The first-order chi connectivity index (χ1) is 12.6. The minimum Gasteiger partial charge on any atom is -0.482 e. The SMILES string of the molecule is CCCCCC(CC(=O)NCCCC)c1ccccc1OCC(=O)OC. The van der Waals surface area contributed by atoms with Gasteiger partial charge in [-0.1, -0.05) is 57.7 Å². The molecule has 1 aromatic carbocycles. The van der Waals surface area contributed by atoms with Gasteiger partial charge in [0.25, 0.3) is 0 Å². The van der Waals surface area contributed by atoms with E-state index in [1.807, 2.05) is 24.3 Å². The monoisotopic (exact) mass is 363 g/mol. The Balaban J connectivity index is 2.84. The van der Waals surface area contributed by atoms with E-state index in [1.165, 1.54) is 7.11 Å². The molecule has 146 valence electrons. The molecular weight excluding hydrogens is 330 g/mol. The van der Waals surface area contributed by atoms with Crippen molar-refractivity contribution >= 4 is 11.9 Å². The standard InChI is InChI=1S/C21H33NO4/c1-4-6-8-11-17(15-20(23)22-14-7-5-2)18-12-9-10-13-19(18)26-16-21(24)25-3/h9-10,12-13,17H,4-8,11,14-16H2,1-3H3,(H,22,23). The second-order valence-electron chi connectivity index (χ2n) is 6.50. The summed E-state index contributed by atoms with van der Waals surface area (Å²) in [4.78, 5) is 23.7. The number of hydrogen-bond acceptors (Lipinski definition) is 4. The average Bonchev–Trinajstić information content (AvgIpc) is 2.66. The molecule has 5 heteroatoms. The maximum absolute atomic E-state index is 12.3. The topological polar surface area (TPSA) is 64.6 Å². The second-order valence-corrected chi connectivity index (χ2v) is 6.50. The highest BCUT2D eigenvalue weighted by molar-refractivity contribution is 5.77. The van der Waals surface area contributed by atoms with Gasteiger partial charge in [-0.3, -0.25) is 4.79 Å². The molecule has 0 saturated carbocycles. The highest BCUT2D eigenvalue weighted by Gasteiger charge is 2.20. The van der Waals surface area contributed by atoms with Crippen molar-refractivity contribution in [2.24, 2.45) is 0 Å². The first kappa shape index (κ1) is 22.0. The fraction of sp³-hybridized carbons (Fsp3) is 0.619. The van der Waals surface area contributed by atoms with Gasteiger partial charge >= 0.3 is 5.97 Å². The number of para-hydroxylation sites is 1. The molecular formula is C21H33NO4. The second kappa shape index (κ2) is 13.2. The Morgan fingerprint density at radius 3 is 2.50 bits per heavy atom. The summed E-state index contributed by atoms with van der Waals surface area (Å²) in [6, 6.07) is 7.66. The lowest BCUT2D eigenvalue weighted by Gasteiger charge is -2.20. The van der Waals surface area contributed by atoms with Crippen molar-refractivity contribution in [1.82, 2.24) is 5.32 Å². The van der Waals surface area contributed by atoms with Crippen LogP contribution in [0.25, 0.3) is 0 Å². The third-order valence-corrected chi connectivity index (χ3v) is 4.37. The lowest BCUT2D eigenvalue weighted by atomic mass is 9.89. The minimum atomic E-state index is -0.417. The van der Waals surface area contributed by atoms with Crippen LogP contribution in [0, 0.1) is 0 Å². The van der Waals surface area contributed by atoms with Gasteiger partial charge in [-0.25, -0.2) is 4.79 Å². The molecule has 1 unspecified atom stereocenters. The summed E-state index contributed by atoms with van der Waals surface area (Å²) in [7, 11) is 1.34. The van der Waals surface area contributed by atoms with E-state index in [4.69, 9.17) is 4.74 Å². The van der Waals surface area contributed by atoms with Crippen LogP contribution in [-0.2, 0) is 14.3 Å². The van der Waals surface area contributed by atoms with Crippen molar-refractivity contribution in [3.8, 4) is 5.75 Å². The number of esters is 1. The lowest BCUT2D eigenvalue weighted by Crippen LogP contribution is -2.26. The van der Waals surface area contributed by atoms with Gasteiger partial charge in [0, 0.05) is 13.0 Å². The van der Waals surface area contributed by atoms with Gasteiger partial charge in [0.1, 0.15) is 5.75 Å². The maximum Gasteiger partial charge on any atom is 0.343 e. The van der Waals surface area contributed by atoms with E-state index in [-0.39, 0.29) is 18.4 Å². The first-order valence-corrected chi connectivity index (χ1v) is 9.67. The van der Waals surface area contributed by atoms with Gasteiger partial charge in [-0.2, -0.15) is 0 Å². The third-order valence-electron chi connectivity index (χ3n) is 4.37. The number of hydrogen-bond donors (Lipinski definition) is 1. The summed E-state index contributed by atoms with van der Waals surface area (Å²) < 4.78 is 10.3. The Bertz CT molecular complexity index is 545. The summed E-state index contributed by atoms with van der Waals surface area (Å²) in [5.74, 6) is 0.389. The molecule has 0 heterocycles. The number of nitrogens with one attached hydrogen (secondary N) is 1. The molecule has 0 aliphatic rings. The molecule has 1 aromatic rings. The predicted octanol–water partition coefficient (Wildman–Crippen LogP) is 4.21. The predicted molar refractivity (Wildman–Crippen MR) is 103 cm³/mol. The van der Waals surface area contributed by atoms with Crippen molar-refractivity contribution in [3.63, 3.8) is 0 Å². The van der Waals surface area contributed by atoms with Crippen LogP contribution in [0.1, 0.15) is 70.3 Å². The van der Waals surface area contributed by atoms with Crippen molar-refractivity contribution < 1.29 is 19.1 Å². The zero-order valence-corrected chi connectivity index (χ0v) is 16.4. The van der Waals surface area contributed by atoms with Crippen LogP contribution in [0.5, 0.6) is 5.75 Å². The molecule has 0 saturated heterocycles. The Hall–Kier alpha value is -2.04. The molecule has 1 rings (SSSR count). The quantitative estimate of drug-likeness (QED) is 0.421. The van der Waals surface area contributed by atoms with E-state index in [2.05, 4.69) is 23.9 Å². The number of ether oxygens (including phenoxy) is 2. The highest BCUT2D eigenvalue weighted by atomic mass is 16.6. The lowest BCUT2D eigenvalue weighted by molar-refractivity contribution is -0.143. The zero-order chi connectivity index (χ0) is 19.2. The summed E-state index contributed by atoms with van der Waals surface area (Å²) in [6.07, 6.45) is 6.75. The smallest absolute Gasteiger partial charge is 0.343 e. The Morgan fingerprint density at radius 2 is 1.81 bits per heavy atom. The molecule has 26 heavy (non-hydrogen) atoms. The number of rotatable bonds is 13. The molecule has 1 amide bonds. The molecule has 1 atom stereocenters. The summed E-state index contributed by atoms with van der Waals surface area (Å²) in [5.41, 5.74) is 0.984. The van der Waals surface area contributed by atoms with Crippen molar-refractivity contribution in [1.29, 1.82) is 0 Å². The van der Waals surface area contributed by atoms with E-state index >= 15 is 0 Å². The third kappa shape index (κ3) is 8.37. The molecule has 0 aliphatic carbocycles. The van der Waals surface area contributed by atoms with E-state index in [1.54, 1.807) is 0 Å². The van der Waals surface area contributed by atoms with Crippen LogP contribution in [0.2, 0.25) is 0 Å². The van der Waals surface area contributed by atoms with Crippen LogP contribution in [-0.4, -0.2) is 32.1 Å². The van der Waals surface area contributed by atoms with Gasteiger partial charge in [0.2, 0.25) is 5.91 Å². The fourth-order valence-corrected chi connectivity index (χ4v) is 2.85. The normalized spacial score (nSPS) is 11.7. The highest BCUT2D eigenvalue weighted by Crippen LogP contribution is 2.33. The summed E-state index contributed by atoms with van der Waals surface area (Å²) >= 11 is 0. The molecule has 0 aromatic heterocycles. The van der Waals surface area contributed by atoms with E-state index < -0.39 is 5.97 Å². The van der Waals surface area contributed by atoms with Crippen LogP contribution in [0.3, 0.4) is 0 Å². The van der Waals surface area contributed by atoms with Gasteiger partial charge in [0.05, 0.1) is 7.11 Å². The average molecular weight is 363 g/mol. The molecule has 0 bridgehead atoms. The number of amides is 1. The van der Waals surface area contributed by atoms with Crippen molar-refractivity contribution in [3.05, 3.63) is 29.8 Å². The molecule has 0 radical (unpaired) electrons. The van der Waals surface area contributed by atoms with Crippen LogP contribution in [0.15, 0.2) is 24.3 Å². The number of methoxy groups -OCH3 is 1. The molecule has 0 spiro atoms. The van der Waals surface area contributed by atoms with Crippen LogP contribution < -0.4 is 10.1 Å². The van der Waals surface area contributed by atoms with E-state index in [9.17, 15) is 9.59 Å². The molecule has 5 nitrogen and oxygen atoms in total. The summed E-state index contributed by atoms with van der Waals surface area (Å²) in [6.45, 7) is 4.86. The number of carbonyl (C=O) groups is 2. The number of benzene rings is 1. The summed E-state index contributed by atoms with van der Waals surface area (Å²) in [5, 5.41) is 3.00. The minimum absolute atomic E-state index is 0.0720. The first-order valence-electron chi connectivity index (χ1n) is 9.67. The van der Waals surface area contributed by atoms with Crippen molar-refractivity contribution in [2.45, 2.75) is 64.7 Å². The number of carbonyl (C=O) groups excluding carboxylic acids is 2. The van der Waals surface area contributed by atoms with E-state index in [0.29, 0.717) is 12.2 Å². The van der Waals surface area contributed by atoms with Crippen LogP contribution >= 0.6 is 0 Å². The Labute approximate surface area is 157 Å². The fourth-order valence-electron chi connectivity index (χ4n) is 2.85. The Kier molecular flexibility index (Phi) is 11.2. The van der Waals surface area contributed by atoms with Gasteiger partial charge < -0.3 is 14.8 Å². The van der Waals surface area contributed by atoms with Gasteiger partial charge in [0.15, 0.2) is 6.61 Å². The Morgan fingerprint density at radius 1 is 1.08 bits per heavy atom. The van der Waals surface area contributed by atoms with Gasteiger partial charge in [-0.15, -0.1) is 0 Å². The zero-order valence-electron chi connectivity index (χ0n) is 16.4. The molecule has 0 fully saturated rings. The number of unbranched alkanes of at least 4 members (excludes halogenated alkanes) is 3. The maximum atomic E-state index is 12.3. The van der Waals surface area contributed by atoms with Crippen molar-refractivity contribution in [2.75, 3.05) is 20.3 Å². The van der Waals surface area contributed by atoms with Crippen LogP contribution in [0.4, 0.5) is 0 Å². The molecule has 0 aliphatic heterocycles. The van der Waals surface area contributed by atoms with Gasteiger partial charge in [-0.05, 0) is 30.4 Å². The molecule has 1 N–H and O–H groups in total. The largest absolute Gasteiger partial charge is 0.482 e. The van der Waals surface area contributed by atoms with E-state index in [0.717, 1.165) is 50.6 Å².